The average molecular weight is 236 g/mol. The Labute approximate surface area is 102 Å². The largest absolute Gasteiger partial charge is 0.374 e. The molecule has 1 aliphatic rings. The van der Waals surface area contributed by atoms with Crippen molar-refractivity contribution in [3.05, 3.63) is 24.3 Å². The van der Waals surface area contributed by atoms with Crippen molar-refractivity contribution < 1.29 is 4.74 Å². The third-order valence-corrected chi connectivity index (χ3v) is 3.18. The third-order valence-electron chi connectivity index (χ3n) is 3.18. The van der Waals surface area contributed by atoms with E-state index < -0.39 is 0 Å². The smallest absolute Gasteiger partial charge is 0.0910 e. The van der Waals surface area contributed by atoms with Crippen LogP contribution in [0.2, 0.25) is 0 Å². The number of nitrogens with two attached hydrogens (primary N) is 1. The van der Waals surface area contributed by atoms with Crippen LogP contribution in [0.25, 0.3) is 0 Å². The molecule has 1 aromatic rings. The first-order valence-corrected chi connectivity index (χ1v) is 6.05. The minimum Gasteiger partial charge on any atom is -0.374 e. The van der Waals surface area contributed by atoms with Crippen LogP contribution < -0.4 is 5.73 Å². The van der Waals surface area contributed by atoms with Gasteiger partial charge < -0.3 is 10.5 Å². The summed E-state index contributed by atoms with van der Waals surface area (Å²) >= 11 is 0. The molecule has 0 aromatic carbocycles. The van der Waals surface area contributed by atoms with E-state index in [0.717, 1.165) is 25.4 Å². The molecule has 0 saturated carbocycles. The van der Waals surface area contributed by atoms with Gasteiger partial charge in [0.15, 0.2) is 0 Å². The molecule has 2 rings (SSSR count). The molecule has 0 bridgehead atoms. The van der Waals surface area contributed by atoms with Crippen molar-refractivity contribution >= 4 is 0 Å². The molecule has 2 heterocycles. The molecule has 94 valence electrons. The topological polar surface area (TPSA) is 64.3 Å². The molecule has 0 aliphatic carbocycles. The van der Waals surface area contributed by atoms with Gasteiger partial charge in [0.25, 0.3) is 0 Å². The second kappa shape index (κ2) is 5.53. The number of morpholine rings is 1. The van der Waals surface area contributed by atoms with E-state index in [1.165, 1.54) is 0 Å². The number of ether oxygens (including phenoxy) is 1. The van der Waals surface area contributed by atoms with Gasteiger partial charge >= 0.3 is 0 Å². The van der Waals surface area contributed by atoms with Crippen molar-refractivity contribution in [2.24, 2.45) is 5.73 Å². The summed E-state index contributed by atoms with van der Waals surface area (Å²) < 4.78 is 5.74. The average Bonchev–Trinajstić information content (AvgIpc) is 2.39. The molecule has 0 amide bonds. The highest BCUT2D eigenvalue weighted by Crippen LogP contribution is 2.19. The zero-order valence-electron chi connectivity index (χ0n) is 10.4. The summed E-state index contributed by atoms with van der Waals surface area (Å²) in [6.07, 6.45) is 5.03. The van der Waals surface area contributed by atoms with Gasteiger partial charge in [-0.25, -0.2) is 0 Å². The molecule has 5 nitrogen and oxygen atoms in total. The SMILES string of the molecule is CC(C)N1CCOC(C(N)c2cnccn2)C1. The maximum absolute atomic E-state index is 6.18. The van der Waals surface area contributed by atoms with Crippen LogP contribution in [-0.4, -0.2) is 46.7 Å². The summed E-state index contributed by atoms with van der Waals surface area (Å²) in [4.78, 5) is 10.7. The summed E-state index contributed by atoms with van der Waals surface area (Å²) in [6.45, 7) is 6.94. The van der Waals surface area contributed by atoms with Crippen molar-refractivity contribution in [2.75, 3.05) is 19.7 Å². The Balaban J connectivity index is 2.02. The Kier molecular flexibility index (Phi) is 4.04. The van der Waals surface area contributed by atoms with Crippen molar-refractivity contribution in [3.8, 4) is 0 Å². The summed E-state index contributed by atoms with van der Waals surface area (Å²) in [5.41, 5.74) is 6.97. The first kappa shape index (κ1) is 12.4. The van der Waals surface area contributed by atoms with Crippen LogP contribution in [0.5, 0.6) is 0 Å². The zero-order valence-corrected chi connectivity index (χ0v) is 10.4. The molecule has 5 heteroatoms. The normalized spacial score (nSPS) is 23.9. The van der Waals surface area contributed by atoms with Gasteiger partial charge in [0.2, 0.25) is 0 Å². The Morgan fingerprint density at radius 1 is 1.47 bits per heavy atom. The zero-order chi connectivity index (χ0) is 12.3. The highest BCUT2D eigenvalue weighted by Gasteiger charge is 2.28. The number of aromatic nitrogens is 2. The number of nitrogens with zero attached hydrogens (tertiary/aromatic N) is 3. The predicted octanol–water partition coefficient (Wildman–Crippen LogP) is 0.586. The van der Waals surface area contributed by atoms with Crippen LogP contribution in [-0.2, 0) is 4.74 Å². The number of rotatable bonds is 3. The summed E-state index contributed by atoms with van der Waals surface area (Å²) in [7, 11) is 0. The molecule has 0 spiro atoms. The van der Waals surface area contributed by atoms with Crippen molar-refractivity contribution in [1.29, 1.82) is 0 Å². The molecule has 2 N–H and O–H groups in total. The quantitative estimate of drug-likeness (QED) is 0.832. The molecular formula is C12H20N4O. The van der Waals surface area contributed by atoms with Gasteiger partial charge in [0.1, 0.15) is 0 Å². The van der Waals surface area contributed by atoms with Gasteiger partial charge in [-0.2, -0.15) is 0 Å². The van der Waals surface area contributed by atoms with E-state index >= 15 is 0 Å². The second-order valence-electron chi connectivity index (χ2n) is 4.65. The first-order valence-electron chi connectivity index (χ1n) is 6.05. The van der Waals surface area contributed by atoms with Gasteiger partial charge in [-0.1, -0.05) is 0 Å². The summed E-state index contributed by atoms with van der Waals surface area (Å²) in [5.74, 6) is 0. The van der Waals surface area contributed by atoms with Gasteiger partial charge in [0, 0.05) is 31.5 Å². The molecule has 1 saturated heterocycles. The van der Waals surface area contributed by atoms with Crippen LogP contribution in [0.4, 0.5) is 0 Å². The summed E-state index contributed by atoms with van der Waals surface area (Å²) in [5, 5.41) is 0. The lowest BCUT2D eigenvalue weighted by atomic mass is 10.1. The van der Waals surface area contributed by atoms with Crippen LogP contribution >= 0.6 is 0 Å². The fourth-order valence-corrected chi connectivity index (χ4v) is 2.06. The van der Waals surface area contributed by atoms with E-state index in [4.69, 9.17) is 10.5 Å². The van der Waals surface area contributed by atoms with Crippen LogP contribution in [0.3, 0.4) is 0 Å². The number of hydrogen-bond acceptors (Lipinski definition) is 5. The molecule has 1 fully saturated rings. The first-order chi connectivity index (χ1) is 8.18. The Hall–Kier alpha value is -1.04. The van der Waals surface area contributed by atoms with Gasteiger partial charge in [-0.3, -0.25) is 14.9 Å². The fourth-order valence-electron chi connectivity index (χ4n) is 2.06. The van der Waals surface area contributed by atoms with Gasteiger partial charge in [0.05, 0.1) is 30.6 Å². The van der Waals surface area contributed by atoms with Crippen molar-refractivity contribution in [3.63, 3.8) is 0 Å². The van der Waals surface area contributed by atoms with E-state index in [1.54, 1.807) is 18.6 Å². The lowest BCUT2D eigenvalue weighted by Crippen LogP contribution is -2.49. The maximum atomic E-state index is 6.18. The predicted molar refractivity (Wildman–Crippen MR) is 65.4 cm³/mol. The van der Waals surface area contributed by atoms with E-state index in [2.05, 4.69) is 28.7 Å². The van der Waals surface area contributed by atoms with Crippen LogP contribution in [0.1, 0.15) is 25.6 Å². The molecule has 1 aromatic heterocycles. The lowest BCUT2D eigenvalue weighted by Gasteiger charge is -2.37. The van der Waals surface area contributed by atoms with Gasteiger partial charge in [-0.05, 0) is 13.8 Å². The fraction of sp³-hybridized carbons (Fsp3) is 0.667. The molecule has 2 atom stereocenters. The molecule has 1 aliphatic heterocycles. The van der Waals surface area contributed by atoms with Crippen LogP contribution in [0.15, 0.2) is 18.6 Å². The van der Waals surface area contributed by atoms with Crippen LogP contribution in [0, 0.1) is 0 Å². The molecular weight excluding hydrogens is 216 g/mol. The highest BCUT2D eigenvalue weighted by molar-refractivity contribution is 5.04. The van der Waals surface area contributed by atoms with Crippen molar-refractivity contribution in [2.45, 2.75) is 32.0 Å². The van der Waals surface area contributed by atoms with E-state index in [-0.39, 0.29) is 12.1 Å². The van der Waals surface area contributed by atoms with E-state index in [1.807, 2.05) is 0 Å². The lowest BCUT2D eigenvalue weighted by molar-refractivity contribution is -0.0508. The van der Waals surface area contributed by atoms with Crippen molar-refractivity contribution in [1.82, 2.24) is 14.9 Å². The monoisotopic (exact) mass is 236 g/mol. The number of hydrogen-bond donors (Lipinski definition) is 1. The molecule has 17 heavy (non-hydrogen) atoms. The van der Waals surface area contributed by atoms with E-state index in [9.17, 15) is 0 Å². The maximum Gasteiger partial charge on any atom is 0.0910 e. The van der Waals surface area contributed by atoms with E-state index in [0.29, 0.717) is 6.04 Å². The highest BCUT2D eigenvalue weighted by atomic mass is 16.5. The Bertz CT molecular complexity index is 344. The minimum absolute atomic E-state index is 0.00264. The molecule has 0 radical (unpaired) electrons. The summed E-state index contributed by atoms with van der Waals surface area (Å²) in [6, 6.07) is 0.320. The third kappa shape index (κ3) is 3.00. The Morgan fingerprint density at radius 3 is 2.94 bits per heavy atom. The molecule has 2 unspecified atom stereocenters. The van der Waals surface area contributed by atoms with Gasteiger partial charge in [-0.15, -0.1) is 0 Å². The minimum atomic E-state index is -0.203. The Morgan fingerprint density at radius 2 is 2.29 bits per heavy atom. The standard InChI is InChI=1S/C12H20N4O/c1-9(2)16-5-6-17-11(8-16)12(13)10-7-14-3-4-15-10/h3-4,7,9,11-12H,5-6,8,13H2,1-2H3. The second-order valence-corrected chi connectivity index (χ2v) is 4.65.